The number of nitrogens with zero attached hydrogens (tertiary/aromatic N) is 1. The smallest absolute Gasteiger partial charge is 0.258 e. The molecule has 0 fully saturated rings. The van der Waals surface area contributed by atoms with Gasteiger partial charge < -0.3 is 0 Å². The SMILES string of the molecule is O=C(NC(=O)c1ccc(F)c(F)c1)c1cc(Cl)nc(Cl)c1. The average molecular weight is 331 g/mol. The summed E-state index contributed by atoms with van der Waals surface area (Å²) in [5, 5.41) is 1.96. The van der Waals surface area contributed by atoms with Gasteiger partial charge in [0.2, 0.25) is 0 Å². The molecule has 0 saturated heterocycles. The molecule has 0 saturated carbocycles. The average Bonchev–Trinajstić information content (AvgIpc) is 2.40. The van der Waals surface area contributed by atoms with Crippen LogP contribution in [0.5, 0.6) is 0 Å². The first kappa shape index (κ1) is 15.3. The van der Waals surface area contributed by atoms with Crippen LogP contribution in [0.1, 0.15) is 20.7 Å². The van der Waals surface area contributed by atoms with Crippen LogP contribution in [-0.4, -0.2) is 16.8 Å². The number of pyridine rings is 1. The Balaban J connectivity index is 2.18. The Labute approximate surface area is 127 Å². The van der Waals surface area contributed by atoms with Crippen molar-refractivity contribution in [3.8, 4) is 0 Å². The molecule has 1 aromatic heterocycles. The van der Waals surface area contributed by atoms with Gasteiger partial charge in [-0.05, 0) is 30.3 Å². The van der Waals surface area contributed by atoms with E-state index in [-0.39, 0.29) is 21.4 Å². The van der Waals surface area contributed by atoms with Crippen LogP contribution in [-0.2, 0) is 0 Å². The van der Waals surface area contributed by atoms with E-state index in [4.69, 9.17) is 23.2 Å². The molecular formula is C13H6Cl2F2N2O2. The van der Waals surface area contributed by atoms with Crippen molar-refractivity contribution in [1.82, 2.24) is 10.3 Å². The fraction of sp³-hybridized carbons (Fsp3) is 0. The zero-order valence-electron chi connectivity index (χ0n) is 10.2. The van der Waals surface area contributed by atoms with E-state index < -0.39 is 23.4 Å². The molecule has 0 aliphatic rings. The molecule has 0 aliphatic heterocycles. The number of rotatable bonds is 2. The number of carbonyl (C=O) groups excluding carboxylic acids is 2. The second-order valence-corrected chi connectivity index (χ2v) is 4.69. The molecule has 0 unspecified atom stereocenters. The van der Waals surface area contributed by atoms with E-state index in [1.807, 2.05) is 5.32 Å². The van der Waals surface area contributed by atoms with Gasteiger partial charge in [-0.2, -0.15) is 0 Å². The van der Waals surface area contributed by atoms with Gasteiger partial charge in [0, 0.05) is 11.1 Å². The van der Waals surface area contributed by atoms with Gasteiger partial charge in [0.05, 0.1) is 0 Å². The minimum atomic E-state index is -1.19. The van der Waals surface area contributed by atoms with E-state index in [0.29, 0.717) is 6.07 Å². The van der Waals surface area contributed by atoms with Crippen LogP contribution < -0.4 is 5.32 Å². The number of carbonyl (C=O) groups is 2. The first-order chi connectivity index (χ1) is 9.86. The number of hydrogen-bond acceptors (Lipinski definition) is 3. The quantitative estimate of drug-likeness (QED) is 0.679. The van der Waals surface area contributed by atoms with Crippen LogP contribution in [0.25, 0.3) is 0 Å². The second kappa shape index (κ2) is 6.15. The highest BCUT2D eigenvalue weighted by atomic mass is 35.5. The molecule has 108 valence electrons. The summed E-state index contributed by atoms with van der Waals surface area (Å²) in [6.45, 7) is 0. The van der Waals surface area contributed by atoms with Crippen molar-refractivity contribution in [2.75, 3.05) is 0 Å². The standard InChI is InChI=1S/C13H6Cl2F2N2O2/c14-10-4-7(5-11(15)18-10)13(21)19-12(20)6-1-2-8(16)9(17)3-6/h1-5H,(H,19,20,21). The molecule has 8 heteroatoms. The molecule has 4 nitrogen and oxygen atoms in total. The van der Waals surface area contributed by atoms with E-state index in [0.717, 1.165) is 12.1 Å². The Morgan fingerprint density at radius 2 is 1.48 bits per heavy atom. The number of hydrogen-bond donors (Lipinski definition) is 1. The third kappa shape index (κ3) is 3.74. The molecule has 1 heterocycles. The zero-order valence-corrected chi connectivity index (χ0v) is 11.7. The predicted octanol–water partition coefficient (Wildman–Crippen LogP) is 3.24. The van der Waals surface area contributed by atoms with Gasteiger partial charge in [0.15, 0.2) is 11.6 Å². The Kier molecular flexibility index (Phi) is 4.50. The van der Waals surface area contributed by atoms with Crippen molar-refractivity contribution in [1.29, 1.82) is 0 Å². The van der Waals surface area contributed by atoms with Crippen LogP contribution in [0, 0.1) is 11.6 Å². The van der Waals surface area contributed by atoms with Crippen LogP contribution in [0.2, 0.25) is 10.3 Å². The van der Waals surface area contributed by atoms with E-state index in [9.17, 15) is 18.4 Å². The van der Waals surface area contributed by atoms with Crippen molar-refractivity contribution in [3.05, 3.63) is 63.4 Å². The number of halogens is 4. The van der Waals surface area contributed by atoms with Crippen molar-refractivity contribution in [2.45, 2.75) is 0 Å². The number of amides is 2. The number of benzene rings is 1. The van der Waals surface area contributed by atoms with E-state index in [2.05, 4.69) is 4.98 Å². The lowest BCUT2D eigenvalue weighted by Gasteiger charge is -2.05. The summed E-state index contributed by atoms with van der Waals surface area (Å²) >= 11 is 11.3. The Bertz CT molecular complexity index is 718. The Hall–Kier alpha value is -2.05. The fourth-order valence-corrected chi connectivity index (χ4v) is 1.94. The van der Waals surface area contributed by atoms with Gasteiger partial charge in [0.25, 0.3) is 11.8 Å². The van der Waals surface area contributed by atoms with E-state index in [1.54, 1.807) is 0 Å². The predicted molar refractivity (Wildman–Crippen MR) is 72.4 cm³/mol. The molecular weight excluding hydrogens is 325 g/mol. The van der Waals surface area contributed by atoms with Gasteiger partial charge in [-0.25, -0.2) is 13.8 Å². The lowest BCUT2D eigenvalue weighted by atomic mass is 10.2. The lowest BCUT2D eigenvalue weighted by molar-refractivity contribution is 0.0849. The highest BCUT2D eigenvalue weighted by molar-refractivity contribution is 6.33. The minimum Gasteiger partial charge on any atom is -0.288 e. The molecule has 1 aromatic carbocycles. The normalized spacial score (nSPS) is 10.3. The van der Waals surface area contributed by atoms with E-state index >= 15 is 0 Å². The molecule has 1 N–H and O–H groups in total. The summed E-state index contributed by atoms with van der Waals surface area (Å²) in [7, 11) is 0. The zero-order chi connectivity index (χ0) is 15.6. The summed E-state index contributed by atoms with van der Waals surface area (Å²) in [6.07, 6.45) is 0. The summed E-state index contributed by atoms with van der Waals surface area (Å²) < 4.78 is 25.8. The maximum absolute atomic E-state index is 13.0. The third-order valence-corrected chi connectivity index (χ3v) is 2.82. The van der Waals surface area contributed by atoms with Crippen LogP contribution in [0.3, 0.4) is 0 Å². The molecule has 0 radical (unpaired) electrons. The molecule has 2 aromatic rings. The van der Waals surface area contributed by atoms with E-state index in [1.165, 1.54) is 12.1 Å². The molecule has 0 aliphatic carbocycles. The van der Waals surface area contributed by atoms with Gasteiger partial charge in [0.1, 0.15) is 10.3 Å². The van der Waals surface area contributed by atoms with Gasteiger partial charge in [-0.15, -0.1) is 0 Å². The van der Waals surface area contributed by atoms with Crippen molar-refractivity contribution in [3.63, 3.8) is 0 Å². The maximum Gasteiger partial charge on any atom is 0.258 e. The second-order valence-electron chi connectivity index (χ2n) is 3.91. The summed E-state index contributed by atoms with van der Waals surface area (Å²) in [5.74, 6) is -3.96. The Morgan fingerprint density at radius 3 is 2.05 bits per heavy atom. The summed E-state index contributed by atoms with van der Waals surface area (Å²) in [5.41, 5.74) is -0.190. The lowest BCUT2D eigenvalue weighted by Crippen LogP contribution is -2.30. The van der Waals surface area contributed by atoms with Gasteiger partial charge >= 0.3 is 0 Å². The molecule has 0 bridgehead atoms. The first-order valence-corrected chi connectivity index (χ1v) is 6.26. The Morgan fingerprint density at radius 1 is 0.905 bits per heavy atom. The fourth-order valence-electron chi connectivity index (χ4n) is 1.48. The molecule has 0 spiro atoms. The third-order valence-electron chi connectivity index (χ3n) is 2.43. The number of nitrogens with one attached hydrogen (secondary N) is 1. The van der Waals surface area contributed by atoms with Crippen LogP contribution in [0.15, 0.2) is 30.3 Å². The monoisotopic (exact) mass is 330 g/mol. The minimum absolute atomic E-state index is 0.0101. The first-order valence-electron chi connectivity index (χ1n) is 5.50. The summed E-state index contributed by atoms with van der Waals surface area (Å²) in [4.78, 5) is 27.2. The van der Waals surface area contributed by atoms with Crippen molar-refractivity contribution in [2.24, 2.45) is 0 Å². The maximum atomic E-state index is 13.0. The number of aromatic nitrogens is 1. The summed E-state index contributed by atoms with van der Waals surface area (Å²) in [6, 6.07) is 4.94. The van der Waals surface area contributed by atoms with Gasteiger partial charge in [-0.1, -0.05) is 23.2 Å². The molecule has 2 rings (SSSR count). The van der Waals surface area contributed by atoms with Crippen molar-refractivity contribution < 1.29 is 18.4 Å². The number of imide groups is 1. The topological polar surface area (TPSA) is 59.1 Å². The van der Waals surface area contributed by atoms with Crippen LogP contribution in [0.4, 0.5) is 8.78 Å². The van der Waals surface area contributed by atoms with Crippen molar-refractivity contribution >= 4 is 35.0 Å². The molecule has 21 heavy (non-hydrogen) atoms. The van der Waals surface area contributed by atoms with Gasteiger partial charge in [-0.3, -0.25) is 14.9 Å². The van der Waals surface area contributed by atoms with Crippen LogP contribution >= 0.6 is 23.2 Å². The highest BCUT2D eigenvalue weighted by Gasteiger charge is 2.15. The molecule has 2 amide bonds. The molecule has 0 atom stereocenters. The highest BCUT2D eigenvalue weighted by Crippen LogP contribution is 2.15. The largest absolute Gasteiger partial charge is 0.288 e.